The van der Waals surface area contributed by atoms with Gasteiger partial charge < -0.3 is 4.74 Å². The molecule has 0 aliphatic carbocycles. The first-order chi connectivity index (χ1) is 9.76. The maximum absolute atomic E-state index is 11.8. The number of hydrogen-bond acceptors (Lipinski definition) is 5. The predicted molar refractivity (Wildman–Crippen MR) is 78.8 cm³/mol. The van der Waals surface area contributed by atoms with E-state index in [9.17, 15) is 4.79 Å². The highest BCUT2D eigenvalue weighted by Crippen LogP contribution is 2.26. The summed E-state index contributed by atoms with van der Waals surface area (Å²) in [5, 5.41) is 10.4. The van der Waals surface area contributed by atoms with Crippen LogP contribution in [0.5, 0.6) is 0 Å². The number of rotatable bonds is 6. The summed E-state index contributed by atoms with van der Waals surface area (Å²) in [4.78, 5) is 13.0. The Morgan fingerprint density at radius 1 is 1.35 bits per heavy atom. The van der Waals surface area contributed by atoms with E-state index in [1.54, 1.807) is 18.7 Å². The van der Waals surface area contributed by atoms with Crippen molar-refractivity contribution in [2.45, 2.75) is 25.2 Å². The molecule has 0 atom stereocenters. The van der Waals surface area contributed by atoms with Gasteiger partial charge >= 0.3 is 5.97 Å². The second-order valence-corrected chi connectivity index (χ2v) is 5.29. The van der Waals surface area contributed by atoms with Crippen LogP contribution in [0.15, 0.2) is 29.2 Å². The van der Waals surface area contributed by atoms with Crippen molar-refractivity contribution < 1.29 is 9.53 Å². The van der Waals surface area contributed by atoms with Gasteiger partial charge in [-0.25, -0.2) is 4.79 Å². The summed E-state index contributed by atoms with van der Waals surface area (Å²) in [6, 6.07) is 7.93. The number of esters is 1. The van der Waals surface area contributed by atoms with Gasteiger partial charge in [0.15, 0.2) is 5.69 Å². The summed E-state index contributed by atoms with van der Waals surface area (Å²) >= 11 is 1.78. The average Bonchev–Trinajstić information content (AvgIpc) is 2.95. The van der Waals surface area contributed by atoms with Crippen molar-refractivity contribution in [2.24, 2.45) is 0 Å². The molecule has 0 aliphatic heterocycles. The van der Waals surface area contributed by atoms with E-state index in [1.807, 2.05) is 24.3 Å². The number of ether oxygens (including phenoxy) is 1. The highest BCUT2D eigenvalue weighted by molar-refractivity contribution is 7.99. The van der Waals surface area contributed by atoms with Crippen LogP contribution in [0.1, 0.15) is 30.8 Å². The monoisotopic (exact) mass is 291 g/mol. The first-order valence-electron chi connectivity index (χ1n) is 6.57. The second-order valence-electron chi connectivity index (χ2n) is 4.12. The fraction of sp³-hybridized carbons (Fsp3) is 0.357. The Balaban J connectivity index is 2.27. The summed E-state index contributed by atoms with van der Waals surface area (Å²) in [7, 11) is 0. The third kappa shape index (κ3) is 3.39. The number of nitrogens with zero attached hydrogens (tertiary/aromatic N) is 2. The Labute approximate surface area is 122 Å². The topological polar surface area (TPSA) is 67.9 Å². The van der Waals surface area contributed by atoms with Gasteiger partial charge in [0.1, 0.15) is 5.69 Å². The molecule has 20 heavy (non-hydrogen) atoms. The zero-order chi connectivity index (χ0) is 14.4. The number of carbonyl (C=O) groups excluding carboxylic acids is 1. The van der Waals surface area contributed by atoms with E-state index in [1.165, 1.54) is 0 Å². The molecule has 0 bridgehead atoms. The quantitative estimate of drug-likeness (QED) is 0.654. The number of thioether (sulfide) groups is 1. The first-order valence-corrected chi connectivity index (χ1v) is 7.56. The normalized spacial score (nSPS) is 10.5. The van der Waals surface area contributed by atoms with E-state index in [0.717, 1.165) is 22.6 Å². The molecule has 0 saturated carbocycles. The smallest absolute Gasteiger partial charge is 0.361 e. The summed E-state index contributed by atoms with van der Waals surface area (Å²) < 4.78 is 4.98. The highest BCUT2D eigenvalue weighted by atomic mass is 32.2. The van der Waals surface area contributed by atoms with Gasteiger partial charge in [0.05, 0.1) is 6.61 Å². The Bertz CT molecular complexity index is 583. The van der Waals surface area contributed by atoms with Crippen molar-refractivity contribution in [1.29, 1.82) is 0 Å². The summed E-state index contributed by atoms with van der Waals surface area (Å²) in [6.07, 6.45) is 1.12. The highest BCUT2D eigenvalue weighted by Gasteiger charge is 2.19. The number of aromatic nitrogens is 3. The Hall–Kier alpha value is -1.82. The lowest BCUT2D eigenvalue weighted by molar-refractivity contribution is 0.0520. The SMILES string of the molecule is CCCSc1cccc(-c2n[nH]nc2C(=O)OCC)c1. The molecule has 0 saturated heterocycles. The lowest BCUT2D eigenvalue weighted by Crippen LogP contribution is -2.06. The van der Waals surface area contributed by atoms with Gasteiger partial charge in [0, 0.05) is 10.5 Å². The molecule has 2 aromatic rings. The van der Waals surface area contributed by atoms with Crippen LogP contribution in [0, 0.1) is 0 Å². The molecule has 106 valence electrons. The largest absolute Gasteiger partial charge is 0.461 e. The van der Waals surface area contributed by atoms with Gasteiger partial charge in [0.25, 0.3) is 0 Å². The van der Waals surface area contributed by atoms with Gasteiger partial charge in [-0.15, -0.1) is 16.9 Å². The van der Waals surface area contributed by atoms with Gasteiger partial charge in [-0.05, 0) is 31.2 Å². The third-order valence-electron chi connectivity index (χ3n) is 2.60. The van der Waals surface area contributed by atoms with Crippen LogP contribution in [-0.2, 0) is 4.74 Å². The van der Waals surface area contributed by atoms with E-state index in [2.05, 4.69) is 22.3 Å². The molecule has 1 aromatic heterocycles. The number of H-pyrrole nitrogens is 1. The summed E-state index contributed by atoms with van der Waals surface area (Å²) in [6.45, 7) is 4.23. The Morgan fingerprint density at radius 3 is 2.95 bits per heavy atom. The van der Waals surface area contributed by atoms with Crippen molar-refractivity contribution in [3.8, 4) is 11.3 Å². The Morgan fingerprint density at radius 2 is 2.20 bits per heavy atom. The zero-order valence-corrected chi connectivity index (χ0v) is 12.4. The molecule has 2 rings (SSSR count). The number of hydrogen-bond donors (Lipinski definition) is 1. The third-order valence-corrected chi connectivity index (χ3v) is 3.80. The molecule has 0 amide bonds. The van der Waals surface area contributed by atoms with Crippen molar-refractivity contribution >= 4 is 17.7 Å². The lowest BCUT2D eigenvalue weighted by Gasteiger charge is -2.04. The molecular weight excluding hydrogens is 274 g/mol. The second kappa shape index (κ2) is 7.09. The van der Waals surface area contributed by atoms with Crippen molar-refractivity contribution in [1.82, 2.24) is 15.4 Å². The van der Waals surface area contributed by atoms with Crippen LogP contribution in [-0.4, -0.2) is 33.7 Å². The minimum Gasteiger partial charge on any atom is -0.461 e. The molecule has 0 aliphatic rings. The van der Waals surface area contributed by atoms with E-state index in [0.29, 0.717) is 12.3 Å². The molecular formula is C14H17N3O2S. The molecule has 5 nitrogen and oxygen atoms in total. The molecule has 1 N–H and O–H groups in total. The number of nitrogens with one attached hydrogen (secondary N) is 1. The summed E-state index contributed by atoms with van der Waals surface area (Å²) in [5.74, 6) is 0.607. The van der Waals surface area contributed by atoms with Gasteiger partial charge in [-0.1, -0.05) is 19.1 Å². The zero-order valence-electron chi connectivity index (χ0n) is 11.5. The van der Waals surface area contributed by atoms with Gasteiger partial charge in [-0.3, -0.25) is 0 Å². The Kier molecular flexibility index (Phi) is 5.17. The predicted octanol–water partition coefficient (Wildman–Crippen LogP) is 3.15. The molecule has 0 radical (unpaired) electrons. The van der Waals surface area contributed by atoms with Crippen LogP contribution in [0.3, 0.4) is 0 Å². The van der Waals surface area contributed by atoms with Gasteiger partial charge in [-0.2, -0.15) is 10.3 Å². The molecule has 1 aromatic carbocycles. The minimum atomic E-state index is -0.456. The average molecular weight is 291 g/mol. The molecule has 0 spiro atoms. The van der Waals surface area contributed by atoms with Crippen LogP contribution in [0.25, 0.3) is 11.3 Å². The minimum absolute atomic E-state index is 0.226. The van der Waals surface area contributed by atoms with Crippen LogP contribution < -0.4 is 0 Å². The van der Waals surface area contributed by atoms with E-state index in [-0.39, 0.29) is 5.69 Å². The fourth-order valence-corrected chi connectivity index (χ4v) is 2.55. The molecule has 1 heterocycles. The molecule has 0 fully saturated rings. The number of benzene rings is 1. The molecule has 6 heteroatoms. The van der Waals surface area contributed by atoms with E-state index < -0.39 is 5.97 Å². The van der Waals surface area contributed by atoms with Crippen molar-refractivity contribution in [2.75, 3.05) is 12.4 Å². The summed E-state index contributed by atoms with van der Waals surface area (Å²) in [5.41, 5.74) is 1.62. The fourth-order valence-electron chi connectivity index (χ4n) is 1.73. The number of carbonyl (C=O) groups is 1. The van der Waals surface area contributed by atoms with Gasteiger partial charge in [0.2, 0.25) is 0 Å². The standard InChI is InChI=1S/C14H17N3O2S/c1-3-8-20-11-7-5-6-10(9-11)12-13(16-17-15-12)14(18)19-4-2/h5-7,9H,3-4,8H2,1-2H3,(H,15,16,17). The first kappa shape index (κ1) is 14.6. The van der Waals surface area contributed by atoms with E-state index in [4.69, 9.17) is 4.74 Å². The van der Waals surface area contributed by atoms with E-state index >= 15 is 0 Å². The maximum atomic E-state index is 11.8. The van der Waals surface area contributed by atoms with Crippen LogP contribution >= 0.6 is 11.8 Å². The van der Waals surface area contributed by atoms with Crippen molar-refractivity contribution in [3.05, 3.63) is 30.0 Å². The van der Waals surface area contributed by atoms with Crippen LogP contribution in [0.2, 0.25) is 0 Å². The van der Waals surface area contributed by atoms with Crippen molar-refractivity contribution in [3.63, 3.8) is 0 Å². The number of aromatic amines is 1. The lowest BCUT2D eigenvalue weighted by atomic mass is 10.1. The molecule has 0 unspecified atom stereocenters. The maximum Gasteiger partial charge on any atom is 0.361 e. The van der Waals surface area contributed by atoms with Crippen LogP contribution in [0.4, 0.5) is 0 Å².